The summed E-state index contributed by atoms with van der Waals surface area (Å²) in [6, 6.07) is 12.7. The Labute approximate surface area is 160 Å². The molecule has 7 heteroatoms. The fourth-order valence-electron chi connectivity index (χ4n) is 3.22. The summed E-state index contributed by atoms with van der Waals surface area (Å²) in [6.45, 7) is 5.12. The lowest BCUT2D eigenvalue weighted by Crippen LogP contribution is -2.48. The Morgan fingerprint density at radius 3 is 2.38 bits per heavy atom. The minimum atomic E-state index is -3.55. The molecule has 1 aliphatic heterocycles. The molecule has 0 spiro atoms. The topological polar surface area (TPSA) is 49.9 Å². The van der Waals surface area contributed by atoms with Gasteiger partial charge in [-0.3, -0.25) is 4.90 Å². The molecule has 1 saturated heterocycles. The second-order valence-corrected chi connectivity index (χ2v) is 8.73. The largest absolute Gasteiger partial charge is 0.496 e. The molecule has 0 aromatic heterocycles. The molecule has 1 fully saturated rings. The molecular formula is C19H23ClN2O3S. The van der Waals surface area contributed by atoms with Crippen molar-refractivity contribution in [2.75, 3.05) is 33.3 Å². The van der Waals surface area contributed by atoms with Gasteiger partial charge >= 0.3 is 0 Å². The van der Waals surface area contributed by atoms with E-state index in [0.717, 1.165) is 17.9 Å². The Hall–Kier alpha value is -1.60. The van der Waals surface area contributed by atoms with E-state index in [1.54, 1.807) is 31.4 Å². The van der Waals surface area contributed by atoms with Gasteiger partial charge in [0, 0.05) is 32.7 Å². The van der Waals surface area contributed by atoms with Crippen LogP contribution in [0.3, 0.4) is 0 Å². The fraction of sp³-hybridized carbons (Fsp3) is 0.368. The molecule has 3 rings (SSSR count). The molecule has 0 aliphatic carbocycles. The molecule has 2 aromatic carbocycles. The molecule has 0 bridgehead atoms. The number of aryl methyl sites for hydroxylation is 1. The highest BCUT2D eigenvalue weighted by atomic mass is 35.5. The third-order valence-corrected chi connectivity index (χ3v) is 7.05. The van der Waals surface area contributed by atoms with Gasteiger partial charge in [0.25, 0.3) is 0 Å². The van der Waals surface area contributed by atoms with Crippen LogP contribution in [0.1, 0.15) is 11.1 Å². The highest BCUT2D eigenvalue weighted by molar-refractivity contribution is 7.89. The van der Waals surface area contributed by atoms with E-state index in [9.17, 15) is 8.42 Å². The molecule has 0 unspecified atom stereocenters. The zero-order chi connectivity index (χ0) is 18.7. The number of ether oxygens (including phenoxy) is 1. The summed E-state index contributed by atoms with van der Waals surface area (Å²) in [5, 5.41) is 0.267. The quantitative estimate of drug-likeness (QED) is 0.781. The number of methoxy groups -OCH3 is 1. The van der Waals surface area contributed by atoms with E-state index in [4.69, 9.17) is 16.3 Å². The Kier molecular flexibility index (Phi) is 5.87. The van der Waals surface area contributed by atoms with Crippen molar-refractivity contribution < 1.29 is 13.2 Å². The molecule has 0 radical (unpaired) electrons. The van der Waals surface area contributed by atoms with Crippen molar-refractivity contribution in [3.8, 4) is 5.75 Å². The molecule has 0 atom stereocenters. The Morgan fingerprint density at radius 2 is 1.77 bits per heavy atom. The molecule has 26 heavy (non-hydrogen) atoms. The van der Waals surface area contributed by atoms with Gasteiger partial charge in [-0.15, -0.1) is 0 Å². The number of hydrogen-bond donors (Lipinski definition) is 0. The van der Waals surface area contributed by atoms with Crippen molar-refractivity contribution in [1.29, 1.82) is 0 Å². The van der Waals surface area contributed by atoms with Crippen LogP contribution in [0.2, 0.25) is 5.02 Å². The zero-order valence-electron chi connectivity index (χ0n) is 15.0. The van der Waals surface area contributed by atoms with Gasteiger partial charge in [0.1, 0.15) is 10.6 Å². The van der Waals surface area contributed by atoms with Gasteiger partial charge in [0.15, 0.2) is 0 Å². The lowest BCUT2D eigenvalue weighted by atomic mass is 10.1. The number of halogens is 1. The van der Waals surface area contributed by atoms with Crippen LogP contribution in [-0.2, 0) is 16.6 Å². The van der Waals surface area contributed by atoms with E-state index >= 15 is 0 Å². The van der Waals surface area contributed by atoms with Crippen LogP contribution in [0.4, 0.5) is 0 Å². The predicted octanol–water partition coefficient (Wildman–Crippen LogP) is 3.16. The molecular weight excluding hydrogens is 372 g/mol. The Bertz CT molecular complexity index is 878. The van der Waals surface area contributed by atoms with Gasteiger partial charge in [-0.25, -0.2) is 8.42 Å². The van der Waals surface area contributed by atoms with Gasteiger partial charge in [-0.2, -0.15) is 4.31 Å². The molecule has 1 heterocycles. The summed E-state index contributed by atoms with van der Waals surface area (Å²) >= 11 is 6.08. The van der Waals surface area contributed by atoms with Crippen LogP contribution in [-0.4, -0.2) is 50.9 Å². The van der Waals surface area contributed by atoms with Crippen LogP contribution in [0.5, 0.6) is 5.75 Å². The van der Waals surface area contributed by atoms with Crippen LogP contribution < -0.4 is 4.74 Å². The smallest absolute Gasteiger partial charge is 0.244 e. The first-order chi connectivity index (χ1) is 12.4. The summed E-state index contributed by atoms with van der Waals surface area (Å²) in [6.07, 6.45) is 0. The fourth-order valence-corrected chi connectivity index (χ4v) is 5.13. The van der Waals surface area contributed by atoms with Gasteiger partial charge in [-0.05, 0) is 36.2 Å². The van der Waals surface area contributed by atoms with Crippen LogP contribution >= 0.6 is 11.6 Å². The lowest BCUT2D eigenvalue weighted by Gasteiger charge is -2.34. The normalized spacial score (nSPS) is 16.6. The van der Waals surface area contributed by atoms with E-state index in [1.807, 2.05) is 13.0 Å². The number of benzene rings is 2. The third-order valence-electron chi connectivity index (χ3n) is 4.65. The lowest BCUT2D eigenvalue weighted by molar-refractivity contribution is 0.181. The zero-order valence-corrected chi connectivity index (χ0v) is 16.6. The minimum Gasteiger partial charge on any atom is -0.496 e. The first-order valence-corrected chi connectivity index (χ1v) is 10.3. The number of hydrogen-bond acceptors (Lipinski definition) is 4. The van der Waals surface area contributed by atoms with Gasteiger partial charge < -0.3 is 4.74 Å². The number of rotatable bonds is 5. The van der Waals surface area contributed by atoms with E-state index < -0.39 is 10.0 Å². The Balaban J connectivity index is 1.64. The van der Waals surface area contributed by atoms with Gasteiger partial charge in [0.05, 0.1) is 12.1 Å². The van der Waals surface area contributed by atoms with Crippen LogP contribution in [0.25, 0.3) is 0 Å². The van der Waals surface area contributed by atoms with Crippen molar-refractivity contribution >= 4 is 21.6 Å². The van der Waals surface area contributed by atoms with Crippen molar-refractivity contribution in [2.24, 2.45) is 0 Å². The second-order valence-electron chi connectivity index (χ2n) is 6.41. The second kappa shape index (κ2) is 7.96. The molecule has 5 nitrogen and oxygen atoms in total. The van der Waals surface area contributed by atoms with Gasteiger partial charge in [-0.1, -0.05) is 35.9 Å². The summed E-state index contributed by atoms with van der Waals surface area (Å²) in [7, 11) is -1.88. The summed E-state index contributed by atoms with van der Waals surface area (Å²) in [5.41, 5.74) is 2.30. The maximum absolute atomic E-state index is 12.8. The van der Waals surface area contributed by atoms with E-state index in [-0.39, 0.29) is 9.92 Å². The van der Waals surface area contributed by atoms with Crippen molar-refractivity contribution in [1.82, 2.24) is 9.21 Å². The molecule has 2 aromatic rings. The molecule has 0 saturated carbocycles. The molecule has 0 amide bonds. The predicted molar refractivity (Wildman–Crippen MR) is 103 cm³/mol. The Morgan fingerprint density at radius 1 is 1.08 bits per heavy atom. The number of sulfonamides is 1. The van der Waals surface area contributed by atoms with Crippen molar-refractivity contribution in [2.45, 2.75) is 18.4 Å². The number of piperazine rings is 1. The summed E-state index contributed by atoms with van der Waals surface area (Å²) in [4.78, 5) is 2.45. The molecule has 1 aliphatic rings. The van der Waals surface area contributed by atoms with E-state index in [1.165, 1.54) is 9.87 Å². The monoisotopic (exact) mass is 394 g/mol. The maximum Gasteiger partial charge on any atom is 0.244 e. The van der Waals surface area contributed by atoms with E-state index in [0.29, 0.717) is 26.2 Å². The van der Waals surface area contributed by atoms with Crippen LogP contribution in [0.15, 0.2) is 47.4 Å². The summed E-state index contributed by atoms with van der Waals surface area (Å²) in [5.74, 6) is 0.879. The molecule has 140 valence electrons. The average Bonchev–Trinajstić information content (AvgIpc) is 2.62. The third kappa shape index (κ3) is 4.04. The first kappa shape index (κ1) is 19.2. The SMILES string of the molecule is COc1ccc(CN2CCN(S(=O)(=O)c3ccccc3Cl)CC2)cc1C. The van der Waals surface area contributed by atoms with Crippen molar-refractivity contribution in [3.05, 3.63) is 58.6 Å². The highest BCUT2D eigenvalue weighted by Gasteiger charge is 2.29. The standard InChI is InChI=1S/C19H23ClN2O3S/c1-15-13-16(7-8-18(15)25-2)14-21-9-11-22(12-10-21)26(23,24)19-6-4-3-5-17(19)20/h3-8,13H,9-12,14H2,1-2H3. The average molecular weight is 395 g/mol. The summed E-state index contributed by atoms with van der Waals surface area (Å²) < 4.78 is 32.4. The number of nitrogens with zero attached hydrogens (tertiary/aromatic N) is 2. The van der Waals surface area contributed by atoms with Crippen LogP contribution in [0, 0.1) is 6.92 Å². The van der Waals surface area contributed by atoms with Crippen molar-refractivity contribution in [3.63, 3.8) is 0 Å². The first-order valence-electron chi connectivity index (χ1n) is 8.52. The highest BCUT2D eigenvalue weighted by Crippen LogP contribution is 2.25. The molecule has 0 N–H and O–H groups in total. The minimum absolute atomic E-state index is 0.181. The van der Waals surface area contributed by atoms with Gasteiger partial charge in [0.2, 0.25) is 10.0 Å². The maximum atomic E-state index is 12.8. The van der Waals surface area contributed by atoms with E-state index in [2.05, 4.69) is 17.0 Å².